The summed E-state index contributed by atoms with van der Waals surface area (Å²) in [5.41, 5.74) is 8.55. The van der Waals surface area contributed by atoms with Crippen LogP contribution in [-0.4, -0.2) is 51.5 Å². The number of primary amides is 1. The Kier molecular flexibility index (Phi) is 12.2. The van der Waals surface area contributed by atoms with E-state index in [1.54, 1.807) is 0 Å². The van der Waals surface area contributed by atoms with Gasteiger partial charge in [0.2, 0.25) is 17.5 Å². The lowest BCUT2D eigenvalue weighted by molar-refractivity contribution is -0.175. The number of carboxylic acids is 1. The first-order valence-electron chi connectivity index (χ1n) is 7.13. The van der Waals surface area contributed by atoms with E-state index in [1.165, 1.54) is 12.4 Å². The van der Waals surface area contributed by atoms with Crippen LogP contribution in [0.3, 0.4) is 0 Å². The molecule has 0 aliphatic carbocycles. The summed E-state index contributed by atoms with van der Waals surface area (Å²) in [6.45, 7) is 3.34. The van der Waals surface area contributed by atoms with Crippen LogP contribution in [0.15, 0.2) is 0 Å². The number of carboxylic acid groups (broad SMARTS) is 1. The first-order valence-corrected chi connectivity index (χ1v) is 7.13. The van der Waals surface area contributed by atoms with Crippen molar-refractivity contribution in [3.8, 4) is 0 Å². The molecule has 140 valence electrons. The predicted molar refractivity (Wildman–Crippen MR) is 80.2 cm³/mol. The number of ether oxygens (including phenoxy) is 1. The van der Waals surface area contributed by atoms with Gasteiger partial charge in [-0.05, 0) is 13.3 Å². The molecule has 0 aromatic carbocycles. The Morgan fingerprint density at radius 1 is 1.25 bits per heavy atom. The van der Waals surface area contributed by atoms with Crippen molar-refractivity contribution in [3.63, 3.8) is 0 Å². The van der Waals surface area contributed by atoms with Gasteiger partial charge in [-0.1, -0.05) is 13.3 Å². The van der Waals surface area contributed by atoms with Crippen molar-refractivity contribution in [1.29, 1.82) is 0 Å². The largest absolute Gasteiger partial charge is 0.478 e. The molecule has 2 amide bonds. The molecule has 0 saturated heterocycles. The third-order valence-electron chi connectivity index (χ3n) is 2.82. The molecule has 0 aliphatic heterocycles. The Labute approximate surface area is 138 Å². The van der Waals surface area contributed by atoms with E-state index >= 15 is 0 Å². The molecule has 2 unspecified atom stereocenters. The normalized spacial score (nSPS) is 13.5. The van der Waals surface area contributed by atoms with Crippen LogP contribution in [0.2, 0.25) is 0 Å². The molecule has 0 aliphatic rings. The maximum Gasteiger partial charge on any atom is 0.351 e. The highest BCUT2D eigenvalue weighted by Gasteiger charge is 2.42. The summed E-state index contributed by atoms with van der Waals surface area (Å²) < 4.78 is 4.74. The van der Waals surface area contributed by atoms with Crippen LogP contribution in [0, 0.1) is 5.92 Å². The minimum atomic E-state index is -2.58. The molecule has 0 spiro atoms. The minimum absolute atomic E-state index is 0.0353. The van der Waals surface area contributed by atoms with Crippen LogP contribution in [0.4, 0.5) is 0 Å². The zero-order valence-electron chi connectivity index (χ0n) is 13.7. The second kappa shape index (κ2) is 12.2. The van der Waals surface area contributed by atoms with E-state index < -0.39 is 35.4 Å². The molecule has 0 heterocycles. The average molecular weight is 351 g/mol. The molecule has 24 heavy (non-hydrogen) atoms. The first kappa shape index (κ1) is 24.0. The number of aliphatic carboxylic acids is 1. The van der Waals surface area contributed by atoms with Crippen molar-refractivity contribution >= 4 is 23.8 Å². The van der Waals surface area contributed by atoms with E-state index in [2.05, 4.69) is 0 Å². The number of hydroxylamine groups is 1. The molecule has 0 saturated carbocycles. The van der Waals surface area contributed by atoms with Crippen molar-refractivity contribution in [2.24, 2.45) is 17.4 Å². The monoisotopic (exact) mass is 351 g/mol. The lowest BCUT2D eigenvalue weighted by Crippen LogP contribution is -2.56. The number of amides is 2. The molecule has 0 bridgehead atoms. The summed E-state index contributed by atoms with van der Waals surface area (Å²) in [7, 11) is 0. The molecule has 0 aromatic heterocycles. The summed E-state index contributed by atoms with van der Waals surface area (Å²) >= 11 is 0. The third kappa shape index (κ3) is 10.5. The Morgan fingerprint density at radius 3 is 2.17 bits per heavy atom. The molecular weight excluding hydrogens is 326 g/mol. The molecular formula is C13H25N3O8. The van der Waals surface area contributed by atoms with E-state index in [1.807, 2.05) is 6.92 Å². The van der Waals surface area contributed by atoms with E-state index in [9.17, 15) is 24.3 Å². The van der Waals surface area contributed by atoms with E-state index in [0.717, 1.165) is 6.42 Å². The van der Waals surface area contributed by atoms with Gasteiger partial charge in [0.05, 0.1) is 6.61 Å². The number of carbonyl (C=O) groups is 4. The zero-order chi connectivity index (χ0) is 19.3. The minimum Gasteiger partial charge on any atom is -0.478 e. The molecule has 8 N–H and O–H groups in total. The maximum absolute atomic E-state index is 11.2. The smallest absolute Gasteiger partial charge is 0.351 e. The van der Waals surface area contributed by atoms with E-state index in [4.69, 9.17) is 26.5 Å². The number of hydrogen-bond acceptors (Lipinski definition) is 8. The fraction of sp³-hybridized carbons (Fsp3) is 0.692. The van der Waals surface area contributed by atoms with Crippen molar-refractivity contribution < 1.29 is 39.3 Å². The van der Waals surface area contributed by atoms with Gasteiger partial charge >= 0.3 is 11.9 Å². The number of esters is 1. The fourth-order valence-electron chi connectivity index (χ4n) is 1.10. The van der Waals surface area contributed by atoms with Crippen LogP contribution < -0.4 is 16.9 Å². The average Bonchev–Trinajstić information content (AvgIpc) is 2.52. The molecule has 2 atom stereocenters. The molecule has 11 nitrogen and oxygen atoms in total. The molecule has 0 radical (unpaired) electrons. The Balaban J connectivity index is 0. The number of hydrogen-bond donors (Lipinski definition) is 6. The van der Waals surface area contributed by atoms with Gasteiger partial charge in [-0.25, -0.2) is 10.3 Å². The lowest BCUT2D eigenvalue weighted by atomic mass is 9.99. The van der Waals surface area contributed by atoms with Gasteiger partial charge in [-0.2, -0.15) is 0 Å². The van der Waals surface area contributed by atoms with Crippen molar-refractivity contribution in [3.05, 3.63) is 0 Å². The van der Waals surface area contributed by atoms with Gasteiger partial charge in [0, 0.05) is 12.8 Å². The van der Waals surface area contributed by atoms with Gasteiger partial charge in [-0.3, -0.25) is 25.3 Å². The summed E-state index contributed by atoms with van der Waals surface area (Å²) in [5, 5.41) is 25.7. The van der Waals surface area contributed by atoms with Crippen LogP contribution in [0.25, 0.3) is 0 Å². The Bertz CT molecular complexity index is 439. The summed E-state index contributed by atoms with van der Waals surface area (Å²) in [6.07, 6.45) is 1.44. The number of carbonyl (C=O) groups excluding carboxylic acids is 3. The number of nitrogens with one attached hydrogen (secondary N) is 1. The van der Waals surface area contributed by atoms with Crippen molar-refractivity contribution in [2.75, 3.05) is 6.61 Å². The highest BCUT2D eigenvalue weighted by molar-refractivity contribution is 5.85. The van der Waals surface area contributed by atoms with Gasteiger partial charge < -0.3 is 20.7 Å². The van der Waals surface area contributed by atoms with Crippen LogP contribution in [0.1, 0.15) is 39.5 Å². The van der Waals surface area contributed by atoms with Crippen LogP contribution in [-0.2, 0) is 23.9 Å². The second-order valence-electron chi connectivity index (χ2n) is 4.87. The lowest BCUT2D eigenvalue weighted by Gasteiger charge is -2.23. The van der Waals surface area contributed by atoms with Gasteiger partial charge in [0.25, 0.3) is 0 Å². The summed E-state index contributed by atoms with van der Waals surface area (Å²) in [5.74, 6) is -4.92. The zero-order valence-corrected chi connectivity index (χ0v) is 13.7. The molecule has 0 aromatic rings. The Hall–Kier alpha value is -2.24. The SMILES string of the molecule is CCCCOC(=O)C(C)C(N)(O)C(=O)O.NC(=O)CCC(=O)NO. The van der Waals surface area contributed by atoms with Gasteiger partial charge in [-0.15, -0.1) is 0 Å². The van der Waals surface area contributed by atoms with Crippen LogP contribution >= 0.6 is 0 Å². The highest BCUT2D eigenvalue weighted by Crippen LogP contribution is 2.13. The number of rotatable bonds is 9. The quantitative estimate of drug-likeness (QED) is 0.0934. The summed E-state index contributed by atoms with van der Waals surface area (Å²) in [4.78, 5) is 41.9. The molecule has 0 fully saturated rings. The van der Waals surface area contributed by atoms with E-state index in [-0.39, 0.29) is 19.4 Å². The summed E-state index contributed by atoms with van der Waals surface area (Å²) in [6, 6.07) is 0. The number of nitrogens with two attached hydrogens (primary N) is 2. The number of aliphatic hydroxyl groups is 1. The topological polar surface area (TPSA) is 202 Å². The van der Waals surface area contributed by atoms with Crippen molar-refractivity contribution in [2.45, 2.75) is 45.3 Å². The molecule has 11 heteroatoms. The molecule has 0 rings (SSSR count). The Morgan fingerprint density at radius 2 is 1.79 bits per heavy atom. The van der Waals surface area contributed by atoms with Crippen LogP contribution in [0.5, 0.6) is 0 Å². The number of unbranched alkanes of at least 4 members (excludes halogenated alkanes) is 1. The highest BCUT2D eigenvalue weighted by atomic mass is 16.5. The first-order chi connectivity index (χ1) is 11.0. The van der Waals surface area contributed by atoms with Crippen molar-refractivity contribution in [1.82, 2.24) is 5.48 Å². The second-order valence-corrected chi connectivity index (χ2v) is 4.87. The predicted octanol–water partition coefficient (Wildman–Crippen LogP) is -1.54. The maximum atomic E-state index is 11.2. The van der Waals surface area contributed by atoms with E-state index in [0.29, 0.717) is 6.42 Å². The standard InChI is InChI=1S/C9H17NO5.C4H8N2O3/c1-3-4-5-15-7(11)6(2)9(10,14)8(12)13;5-3(7)1-2-4(8)6-9/h6,14H,3-5,10H2,1-2H3,(H,12,13);9H,1-2H2,(H2,5,7)(H,6,8). The van der Waals surface area contributed by atoms with Gasteiger partial charge in [0.15, 0.2) is 0 Å². The van der Waals surface area contributed by atoms with Gasteiger partial charge in [0.1, 0.15) is 5.92 Å². The fourth-order valence-corrected chi connectivity index (χ4v) is 1.10. The third-order valence-corrected chi connectivity index (χ3v) is 2.82.